The molecule has 24 heavy (non-hydrogen) atoms. The molecule has 1 aliphatic heterocycles. The first-order valence-corrected chi connectivity index (χ1v) is 7.70. The number of aliphatic hydroxyl groups is 1. The molecule has 1 aromatic heterocycles. The molecule has 1 aliphatic rings. The molecule has 2 atom stereocenters. The highest BCUT2D eigenvalue weighted by Crippen LogP contribution is 2.21. The van der Waals surface area contributed by atoms with Crippen LogP contribution in [0.15, 0.2) is 24.4 Å². The third-order valence-electron chi connectivity index (χ3n) is 4.08. The monoisotopic (exact) mass is 334 g/mol. The minimum Gasteiger partial charge on any atom is -0.504 e. The van der Waals surface area contributed by atoms with Crippen LogP contribution in [0.3, 0.4) is 0 Å². The van der Waals surface area contributed by atoms with Crippen molar-refractivity contribution in [3.8, 4) is 11.4 Å². The molecule has 0 saturated carbocycles. The van der Waals surface area contributed by atoms with E-state index in [2.05, 4.69) is 15.7 Å². The van der Waals surface area contributed by atoms with Gasteiger partial charge in [0, 0.05) is 6.54 Å². The Hall–Kier alpha value is -2.45. The molecule has 7 nitrogen and oxygen atoms in total. The molecule has 3 rings (SSSR count). The topological polar surface area (TPSA) is 99.4 Å². The van der Waals surface area contributed by atoms with E-state index in [1.807, 2.05) is 0 Å². The third kappa shape index (κ3) is 3.24. The van der Waals surface area contributed by atoms with Crippen molar-refractivity contribution >= 4 is 5.91 Å². The largest absolute Gasteiger partial charge is 0.504 e. The number of halogens is 1. The zero-order valence-electron chi connectivity index (χ0n) is 13.2. The summed E-state index contributed by atoms with van der Waals surface area (Å²) < 4.78 is 14.5. The average molecular weight is 334 g/mol. The zero-order valence-corrected chi connectivity index (χ0v) is 13.2. The van der Waals surface area contributed by atoms with E-state index in [9.17, 15) is 19.4 Å². The number of aromatic nitrogens is 2. The molecule has 0 aliphatic carbocycles. The van der Waals surface area contributed by atoms with E-state index in [1.54, 1.807) is 6.92 Å². The summed E-state index contributed by atoms with van der Waals surface area (Å²) >= 11 is 0. The lowest BCUT2D eigenvalue weighted by Crippen LogP contribution is -2.52. The summed E-state index contributed by atoms with van der Waals surface area (Å²) in [5.74, 6) is -1.21. The molecule has 1 aromatic carbocycles. The number of aryl methyl sites for hydroxylation is 1. The fourth-order valence-corrected chi connectivity index (χ4v) is 2.77. The number of hydrogen-bond acceptors (Lipinski definition) is 5. The lowest BCUT2D eigenvalue weighted by Gasteiger charge is -2.28. The predicted octanol–water partition coefficient (Wildman–Crippen LogP) is 0.478. The van der Waals surface area contributed by atoms with Gasteiger partial charge in [0.15, 0.2) is 11.4 Å². The van der Waals surface area contributed by atoms with Gasteiger partial charge in [-0.3, -0.25) is 4.79 Å². The Morgan fingerprint density at radius 3 is 3.00 bits per heavy atom. The van der Waals surface area contributed by atoms with Gasteiger partial charge < -0.3 is 20.8 Å². The van der Waals surface area contributed by atoms with E-state index in [0.717, 1.165) is 0 Å². The molecule has 128 valence electrons. The fraction of sp³-hybridized carbons (Fsp3) is 0.375. The summed E-state index contributed by atoms with van der Waals surface area (Å²) in [6.45, 7) is 2.81. The zero-order chi connectivity index (χ0) is 17.3. The highest BCUT2D eigenvalue weighted by molar-refractivity contribution is 5.95. The number of nitrogens with zero attached hydrogens (tertiary/aromatic N) is 2. The van der Waals surface area contributed by atoms with Crippen molar-refractivity contribution < 1.29 is 19.4 Å². The van der Waals surface area contributed by atoms with Gasteiger partial charge in [0.2, 0.25) is 0 Å². The first kappa shape index (κ1) is 16.4. The normalized spacial score (nSPS) is 20.8. The highest BCUT2D eigenvalue weighted by Gasteiger charge is 2.27. The van der Waals surface area contributed by atoms with Crippen LogP contribution in [0.5, 0.6) is 5.75 Å². The van der Waals surface area contributed by atoms with Crippen molar-refractivity contribution in [2.75, 3.05) is 13.1 Å². The van der Waals surface area contributed by atoms with Crippen LogP contribution in [0.4, 0.5) is 4.39 Å². The smallest absolute Gasteiger partial charge is 0.275 e. The SMILES string of the molecule is Cc1cc(F)ccc1-n1cc(O)c(C(=O)NC2CCNCC2O)n1. The average Bonchev–Trinajstić information content (AvgIpc) is 2.91. The predicted molar refractivity (Wildman–Crippen MR) is 84.7 cm³/mol. The summed E-state index contributed by atoms with van der Waals surface area (Å²) in [4.78, 5) is 12.3. The number of aromatic hydroxyl groups is 1. The number of aliphatic hydroxyl groups excluding tert-OH is 1. The van der Waals surface area contributed by atoms with Crippen LogP contribution in [0.2, 0.25) is 0 Å². The molecular weight excluding hydrogens is 315 g/mol. The molecule has 1 fully saturated rings. The van der Waals surface area contributed by atoms with Crippen molar-refractivity contribution in [3.05, 3.63) is 41.5 Å². The lowest BCUT2D eigenvalue weighted by atomic mass is 10.0. The Bertz CT molecular complexity index is 762. The number of β-amino-alcohol motifs (C(OH)–C–C–N with tert-alkyl or cyclic N) is 1. The number of nitrogens with one attached hydrogen (secondary N) is 2. The van der Waals surface area contributed by atoms with Crippen LogP contribution < -0.4 is 10.6 Å². The number of carbonyl (C=O) groups excluding carboxylic acids is 1. The molecule has 0 radical (unpaired) electrons. The van der Waals surface area contributed by atoms with Gasteiger partial charge in [-0.25, -0.2) is 9.07 Å². The summed E-state index contributed by atoms with van der Waals surface area (Å²) in [5, 5.41) is 29.7. The van der Waals surface area contributed by atoms with Gasteiger partial charge in [-0.2, -0.15) is 5.10 Å². The van der Waals surface area contributed by atoms with Crippen molar-refractivity contribution in [2.45, 2.75) is 25.5 Å². The quantitative estimate of drug-likeness (QED) is 0.654. The summed E-state index contributed by atoms with van der Waals surface area (Å²) in [5.41, 5.74) is 1.05. The molecule has 2 aromatic rings. The minimum atomic E-state index is -0.689. The maximum atomic E-state index is 13.2. The number of hydrogen-bond donors (Lipinski definition) is 4. The van der Waals surface area contributed by atoms with Crippen molar-refractivity contribution in [1.29, 1.82) is 0 Å². The molecular formula is C16H19FN4O3. The second-order valence-electron chi connectivity index (χ2n) is 5.88. The van der Waals surface area contributed by atoms with Crippen molar-refractivity contribution in [2.24, 2.45) is 0 Å². The van der Waals surface area contributed by atoms with Crippen LogP contribution in [0, 0.1) is 12.7 Å². The lowest BCUT2D eigenvalue weighted by molar-refractivity contribution is 0.0759. The Balaban J connectivity index is 1.82. The highest BCUT2D eigenvalue weighted by atomic mass is 19.1. The van der Waals surface area contributed by atoms with Gasteiger partial charge in [-0.15, -0.1) is 0 Å². The molecule has 1 amide bonds. The summed E-state index contributed by atoms with van der Waals surface area (Å²) in [6, 6.07) is 3.76. The Labute approximate surface area is 138 Å². The molecule has 2 unspecified atom stereocenters. The number of benzene rings is 1. The molecule has 1 saturated heterocycles. The van der Waals surface area contributed by atoms with Gasteiger partial charge in [-0.1, -0.05) is 0 Å². The van der Waals surface area contributed by atoms with Crippen molar-refractivity contribution in [1.82, 2.24) is 20.4 Å². The van der Waals surface area contributed by atoms with E-state index in [0.29, 0.717) is 30.8 Å². The number of piperidine rings is 1. The van der Waals surface area contributed by atoms with Crippen LogP contribution >= 0.6 is 0 Å². The van der Waals surface area contributed by atoms with E-state index < -0.39 is 18.1 Å². The Morgan fingerprint density at radius 2 is 2.29 bits per heavy atom. The fourth-order valence-electron chi connectivity index (χ4n) is 2.77. The van der Waals surface area contributed by atoms with Crippen LogP contribution in [0.1, 0.15) is 22.5 Å². The van der Waals surface area contributed by atoms with E-state index in [4.69, 9.17) is 0 Å². The maximum absolute atomic E-state index is 13.2. The Kier molecular flexibility index (Phi) is 4.50. The van der Waals surface area contributed by atoms with Crippen LogP contribution in [0.25, 0.3) is 5.69 Å². The molecule has 0 bridgehead atoms. The summed E-state index contributed by atoms with van der Waals surface area (Å²) in [6.07, 6.45) is 1.20. The minimum absolute atomic E-state index is 0.135. The number of carbonyl (C=O) groups is 1. The van der Waals surface area contributed by atoms with E-state index in [1.165, 1.54) is 29.1 Å². The van der Waals surface area contributed by atoms with Crippen LogP contribution in [-0.2, 0) is 0 Å². The van der Waals surface area contributed by atoms with Crippen LogP contribution in [-0.4, -0.2) is 51.1 Å². The van der Waals surface area contributed by atoms with Gasteiger partial charge in [0.25, 0.3) is 5.91 Å². The molecule has 0 spiro atoms. The van der Waals surface area contributed by atoms with Gasteiger partial charge in [0.05, 0.1) is 24.0 Å². The van der Waals surface area contributed by atoms with Crippen molar-refractivity contribution in [3.63, 3.8) is 0 Å². The Morgan fingerprint density at radius 1 is 1.50 bits per heavy atom. The second-order valence-corrected chi connectivity index (χ2v) is 5.88. The first-order chi connectivity index (χ1) is 11.5. The molecule has 4 N–H and O–H groups in total. The molecule has 2 heterocycles. The second kappa shape index (κ2) is 6.58. The standard InChI is InChI=1S/C16H19FN4O3/c1-9-6-10(17)2-3-12(9)21-8-14(23)15(20-21)16(24)19-11-4-5-18-7-13(11)22/h2-3,6,8,11,13,18,22-23H,4-5,7H2,1H3,(H,19,24). The third-order valence-corrected chi connectivity index (χ3v) is 4.08. The van der Waals surface area contributed by atoms with Gasteiger partial charge >= 0.3 is 0 Å². The van der Waals surface area contributed by atoms with Gasteiger partial charge in [-0.05, 0) is 43.7 Å². The number of rotatable bonds is 3. The first-order valence-electron chi connectivity index (χ1n) is 7.70. The summed E-state index contributed by atoms with van der Waals surface area (Å²) in [7, 11) is 0. The van der Waals surface area contributed by atoms with E-state index in [-0.39, 0.29) is 17.3 Å². The van der Waals surface area contributed by atoms with Gasteiger partial charge in [0.1, 0.15) is 5.82 Å². The number of amides is 1. The van der Waals surface area contributed by atoms with E-state index >= 15 is 0 Å². The molecule has 8 heteroatoms. The maximum Gasteiger partial charge on any atom is 0.275 e.